The van der Waals surface area contributed by atoms with Crippen LogP contribution in [0.1, 0.15) is 41.5 Å². The molecule has 0 saturated carbocycles. The van der Waals surface area contributed by atoms with Crippen molar-refractivity contribution in [2.75, 3.05) is 10.6 Å². The van der Waals surface area contributed by atoms with Crippen LogP contribution < -0.4 is 45.5 Å². The standard InChI is InChI=1S/C19H25N3O4.Na/c1-12(2)15(24)20-13-9-7-8-10-14(13)21-17(26)19(5,6)22-16(25)18(3,4)11-23;/h7-10H,1-6H3,(H,20,24)(H,21,26)(H,22,25);/q-2;+1. The van der Waals surface area contributed by atoms with Gasteiger partial charge < -0.3 is 25.5 Å². The molecule has 27 heavy (non-hydrogen) atoms. The molecule has 0 atom stereocenters. The average molecular weight is 382 g/mol. The van der Waals surface area contributed by atoms with Crippen molar-refractivity contribution in [3.05, 3.63) is 30.2 Å². The van der Waals surface area contributed by atoms with Crippen molar-refractivity contribution >= 4 is 35.4 Å². The first-order valence-electron chi connectivity index (χ1n) is 8.14. The summed E-state index contributed by atoms with van der Waals surface area (Å²) in [5.41, 5.74) is -1.81. The fourth-order valence-corrected chi connectivity index (χ4v) is 1.77. The molecule has 0 aromatic heterocycles. The van der Waals surface area contributed by atoms with Gasteiger partial charge in [0.15, 0.2) is 5.91 Å². The molecule has 0 aliphatic heterocycles. The summed E-state index contributed by atoms with van der Waals surface area (Å²) in [6, 6.07) is 6.74. The van der Waals surface area contributed by atoms with Crippen LogP contribution in [0.15, 0.2) is 24.3 Å². The van der Waals surface area contributed by atoms with E-state index in [9.17, 15) is 19.2 Å². The minimum atomic E-state index is -1.36. The Morgan fingerprint density at radius 1 is 0.926 bits per heavy atom. The predicted molar refractivity (Wildman–Crippen MR) is 100.0 cm³/mol. The van der Waals surface area contributed by atoms with Crippen LogP contribution in [0.3, 0.4) is 0 Å². The minimum Gasteiger partial charge on any atom is -0.541 e. The molecule has 0 fully saturated rings. The Kier molecular flexibility index (Phi) is 9.25. The third kappa shape index (κ3) is 7.01. The molecule has 3 N–H and O–H groups in total. The summed E-state index contributed by atoms with van der Waals surface area (Å²) in [6.45, 7) is 9.23. The fraction of sp³-hybridized carbons (Fsp3) is 0.421. The first kappa shape index (κ1) is 25.2. The number of nitrogens with one attached hydrogen (secondary N) is 3. The maximum absolute atomic E-state index is 12.6. The summed E-state index contributed by atoms with van der Waals surface area (Å²) in [5.74, 6) is -0.787. The topological polar surface area (TPSA) is 104 Å². The molecule has 1 aromatic rings. The van der Waals surface area contributed by atoms with Crippen molar-refractivity contribution in [3.8, 4) is 0 Å². The van der Waals surface area contributed by atoms with Gasteiger partial charge in [0, 0.05) is 0 Å². The van der Waals surface area contributed by atoms with E-state index in [0.717, 1.165) is 0 Å². The van der Waals surface area contributed by atoms with Gasteiger partial charge in [-0.1, -0.05) is 31.4 Å². The van der Waals surface area contributed by atoms with Crippen LogP contribution in [0.4, 0.5) is 11.4 Å². The van der Waals surface area contributed by atoms with E-state index >= 15 is 0 Å². The minimum absolute atomic E-state index is 0. The molecule has 0 aliphatic rings. The van der Waals surface area contributed by atoms with Gasteiger partial charge in [-0.25, -0.2) is 6.29 Å². The summed E-state index contributed by atoms with van der Waals surface area (Å²) < 4.78 is 0. The van der Waals surface area contributed by atoms with Gasteiger partial charge in [0.1, 0.15) is 5.54 Å². The molecule has 0 heterocycles. The quantitative estimate of drug-likeness (QED) is 0.327. The Hall–Kier alpha value is -1.83. The smallest absolute Gasteiger partial charge is 0.541 e. The first-order chi connectivity index (χ1) is 11.9. The molecule has 0 radical (unpaired) electrons. The average Bonchev–Trinajstić information content (AvgIpc) is 2.55. The Morgan fingerprint density at radius 2 is 1.41 bits per heavy atom. The van der Waals surface area contributed by atoms with Gasteiger partial charge in [-0.05, 0) is 26.0 Å². The zero-order chi connectivity index (χ0) is 20.1. The van der Waals surface area contributed by atoms with Gasteiger partial charge >= 0.3 is 29.6 Å². The zero-order valence-corrected chi connectivity index (χ0v) is 18.9. The van der Waals surface area contributed by atoms with Gasteiger partial charge in [-0.2, -0.15) is 13.8 Å². The molecule has 0 aliphatic carbocycles. The number of benzene rings is 1. The predicted octanol–water partition coefficient (Wildman–Crippen LogP) is -0.787. The number of carbonyl (C=O) groups is 3. The van der Waals surface area contributed by atoms with Crippen LogP contribution >= 0.6 is 0 Å². The number of hydrogen-bond acceptors (Lipinski definition) is 4. The van der Waals surface area contributed by atoms with Crippen LogP contribution in [-0.2, 0) is 19.2 Å². The number of para-hydroxylation sites is 2. The number of hydrogen-bond donors (Lipinski definition) is 3. The van der Waals surface area contributed by atoms with Gasteiger partial charge in [0.25, 0.3) is 0 Å². The second-order valence-corrected chi connectivity index (χ2v) is 7.26. The van der Waals surface area contributed by atoms with Gasteiger partial charge in [0.2, 0.25) is 5.91 Å². The number of amides is 3. The van der Waals surface area contributed by atoms with Crippen molar-refractivity contribution in [3.63, 3.8) is 0 Å². The molecular weight excluding hydrogens is 357 g/mol. The molecule has 0 spiro atoms. The zero-order valence-electron chi connectivity index (χ0n) is 16.9. The molecule has 142 valence electrons. The Morgan fingerprint density at radius 3 is 1.85 bits per heavy atom. The summed E-state index contributed by atoms with van der Waals surface area (Å²) in [7, 11) is 0. The van der Waals surface area contributed by atoms with Crippen molar-refractivity contribution in [1.29, 1.82) is 0 Å². The fourth-order valence-electron chi connectivity index (χ4n) is 1.77. The summed E-state index contributed by atoms with van der Waals surface area (Å²) >= 11 is 0. The van der Waals surface area contributed by atoms with Crippen LogP contribution in [0.2, 0.25) is 0 Å². The van der Waals surface area contributed by atoms with E-state index in [4.69, 9.17) is 0 Å². The van der Waals surface area contributed by atoms with E-state index in [1.165, 1.54) is 27.7 Å². The van der Waals surface area contributed by atoms with Crippen molar-refractivity contribution < 1.29 is 48.7 Å². The molecule has 1 aromatic carbocycles. The molecule has 7 nitrogen and oxygen atoms in total. The number of anilines is 2. The first-order valence-corrected chi connectivity index (χ1v) is 8.14. The van der Waals surface area contributed by atoms with Gasteiger partial charge in [0.05, 0.1) is 17.3 Å². The maximum Gasteiger partial charge on any atom is 1.00 e. The number of rotatable bonds is 7. The summed E-state index contributed by atoms with van der Waals surface area (Å²) in [4.78, 5) is 47.5. The molecule has 3 amide bonds. The van der Waals surface area contributed by atoms with E-state index in [0.29, 0.717) is 17.3 Å². The second-order valence-electron chi connectivity index (χ2n) is 7.26. The third-order valence-electron chi connectivity index (χ3n) is 3.69. The summed E-state index contributed by atoms with van der Waals surface area (Å²) in [6.07, 6.45) is 1.65. The summed E-state index contributed by atoms with van der Waals surface area (Å²) in [5, 5.41) is 7.95. The molecular formula is C19H25N3NaO4-. The van der Waals surface area contributed by atoms with E-state index < -0.39 is 22.8 Å². The van der Waals surface area contributed by atoms with Crippen molar-refractivity contribution in [2.24, 2.45) is 5.41 Å². The number of carbonyl (C=O) groups excluding carboxylic acids is 4. The molecule has 0 unspecified atom stereocenters. The van der Waals surface area contributed by atoms with Crippen LogP contribution in [0.25, 0.3) is 0 Å². The van der Waals surface area contributed by atoms with Crippen LogP contribution in [-0.4, -0.2) is 29.5 Å². The van der Waals surface area contributed by atoms with E-state index in [-0.39, 0.29) is 35.5 Å². The van der Waals surface area contributed by atoms with E-state index in [1.807, 2.05) is 0 Å². The monoisotopic (exact) mass is 382 g/mol. The second kappa shape index (κ2) is 9.92. The Balaban J connectivity index is 0.00000676. The molecule has 0 bridgehead atoms. The maximum atomic E-state index is 12.6. The normalized spacial score (nSPS) is 10.9. The van der Waals surface area contributed by atoms with Gasteiger partial charge in [-0.15, -0.1) is 0 Å². The molecule has 1 rings (SSSR count). The van der Waals surface area contributed by atoms with Gasteiger partial charge in [-0.3, -0.25) is 15.5 Å². The largest absolute Gasteiger partial charge is 1.00 e. The van der Waals surface area contributed by atoms with Crippen molar-refractivity contribution in [1.82, 2.24) is 5.32 Å². The third-order valence-corrected chi connectivity index (χ3v) is 3.69. The van der Waals surface area contributed by atoms with E-state index in [1.54, 1.807) is 44.4 Å². The Bertz CT molecular complexity index is 715. The van der Waals surface area contributed by atoms with Crippen molar-refractivity contribution in [2.45, 2.75) is 47.1 Å². The Labute approximate surface area is 182 Å². The van der Waals surface area contributed by atoms with Crippen LogP contribution in [0.5, 0.6) is 0 Å². The van der Waals surface area contributed by atoms with Crippen LogP contribution in [0, 0.1) is 11.3 Å². The molecule has 8 heteroatoms. The van der Waals surface area contributed by atoms with E-state index in [2.05, 4.69) is 16.0 Å². The molecule has 0 saturated heterocycles. The SMILES string of the molecule is C[C-](C)C(=O)Nc1ccccc1NC(=O)C(C)(C)NC(=O)C(C)(C)[C-]=O.[Na+].